The van der Waals surface area contributed by atoms with E-state index >= 15 is 0 Å². The fourth-order valence-electron chi connectivity index (χ4n) is 1.70. The van der Waals surface area contributed by atoms with E-state index in [9.17, 15) is 4.79 Å². The summed E-state index contributed by atoms with van der Waals surface area (Å²) in [5.74, 6) is 1.49. The molecule has 4 heteroatoms. The largest absolute Gasteiger partial charge is 0.393 e. The minimum absolute atomic E-state index is 0.0862. The number of nitrogens with two attached hydrogens (primary N) is 1. The average molecular weight is 179 g/mol. The zero-order valence-electron chi connectivity index (χ0n) is 7.66. The molecule has 70 valence electrons. The van der Waals surface area contributed by atoms with Gasteiger partial charge in [-0.15, -0.1) is 0 Å². The lowest BCUT2D eigenvalue weighted by atomic mass is 10.00. The fraction of sp³-hybridized carbons (Fsp3) is 0.556. The van der Waals surface area contributed by atoms with E-state index in [0.29, 0.717) is 5.92 Å². The van der Waals surface area contributed by atoms with Crippen LogP contribution in [0.3, 0.4) is 0 Å². The molecule has 4 nitrogen and oxygen atoms in total. The minimum Gasteiger partial charge on any atom is -0.393 e. The molecular formula is C9H13N3O. The van der Waals surface area contributed by atoms with E-state index in [2.05, 4.69) is 11.9 Å². The van der Waals surface area contributed by atoms with Crippen LogP contribution in [0.15, 0.2) is 11.0 Å². The number of anilines is 1. The van der Waals surface area contributed by atoms with Crippen molar-refractivity contribution >= 4 is 5.69 Å². The number of hydrogen-bond acceptors (Lipinski definition) is 3. The van der Waals surface area contributed by atoms with Crippen molar-refractivity contribution < 1.29 is 0 Å². The maximum absolute atomic E-state index is 11.5. The van der Waals surface area contributed by atoms with E-state index in [-0.39, 0.29) is 11.2 Å². The number of aromatic nitrogens is 2. The Morgan fingerprint density at radius 1 is 1.69 bits per heavy atom. The van der Waals surface area contributed by atoms with Crippen LogP contribution in [0.4, 0.5) is 5.69 Å². The second kappa shape index (κ2) is 2.87. The van der Waals surface area contributed by atoms with Gasteiger partial charge in [-0.05, 0) is 12.3 Å². The van der Waals surface area contributed by atoms with Crippen LogP contribution < -0.4 is 11.3 Å². The summed E-state index contributed by atoms with van der Waals surface area (Å²) >= 11 is 0. The van der Waals surface area contributed by atoms with Gasteiger partial charge in [-0.3, -0.25) is 9.36 Å². The molecule has 0 amide bonds. The molecule has 0 aromatic carbocycles. The Kier molecular flexibility index (Phi) is 1.83. The van der Waals surface area contributed by atoms with E-state index in [0.717, 1.165) is 25.2 Å². The molecular weight excluding hydrogens is 166 g/mol. The molecule has 0 spiro atoms. The molecule has 0 aliphatic carbocycles. The van der Waals surface area contributed by atoms with Crippen LogP contribution >= 0.6 is 0 Å². The predicted molar refractivity (Wildman–Crippen MR) is 50.4 cm³/mol. The Morgan fingerprint density at radius 2 is 2.46 bits per heavy atom. The van der Waals surface area contributed by atoms with Gasteiger partial charge in [0.15, 0.2) is 0 Å². The molecule has 1 aliphatic rings. The first kappa shape index (κ1) is 8.29. The average Bonchev–Trinajstić information content (AvgIpc) is 2.12. The summed E-state index contributed by atoms with van der Waals surface area (Å²) in [6.45, 7) is 2.93. The smallest absolute Gasteiger partial charge is 0.276 e. The number of nitrogen functional groups attached to an aromatic ring is 1. The summed E-state index contributed by atoms with van der Waals surface area (Å²) in [4.78, 5) is 15.7. The van der Waals surface area contributed by atoms with Gasteiger partial charge in [-0.2, -0.15) is 0 Å². The van der Waals surface area contributed by atoms with Gasteiger partial charge in [0.1, 0.15) is 11.5 Å². The molecule has 0 bridgehead atoms. The maximum Gasteiger partial charge on any atom is 0.276 e. The van der Waals surface area contributed by atoms with Gasteiger partial charge in [0.2, 0.25) is 0 Å². The first-order chi connectivity index (χ1) is 6.18. The van der Waals surface area contributed by atoms with Gasteiger partial charge >= 0.3 is 0 Å². The summed E-state index contributed by atoms with van der Waals surface area (Å²) in [7, 11) is 0. The molecule has 1 unspecified atom stereocenters. The molecule has 0 saturated carbocycles. The van der Waals surface area contributed by atoms with Gasteiger partial charge in [0.05, 0.1) is 6.20 Å². The molecule has 2 N–H and O–H groups in total. The zero-order valence-corrected chi connectivity index (χ0v) is 7.66. The lowest BCUT2D eigenvalue weighted by Crippen LogP contribution is -2.32. The molecule has 1 atom stereocenters. The third-order valence-electron chi connectivity index (χ3n) is 2.53. The maximum atomic E-state index is 11.5. The van der Waals surface area contributed by atoms with Crippen molar-refractivity contribution in [1.82, 2.24) is 9.55 Å². The van der Waals surface area contributed by atoms with Crippen molar-refractivity contribution in [3.05, 3.63) is 22.4 Å². The SMILES string of the molecule is CC1CCn2c(ncc(N)c2=O)C1. The van der Waals surface area contributed by atoms with E-state index in [1.54, 1.807) is 4.57 Å². The molecule has 2 rings (SSSR count). The molecule has 2 heterocycles. The van der Waals surface area contributed by atoms with E-state index in [1.165, 1.54) is 6.20 Å². The Morgan fingerprint density at radius 3 is 3.23 bits per heavy atom. The number of hydrogen-bond donors (Lipinski definition) is 1. The fourth-order valence-corrected chi connectivity index (χ4v) is 1.70. The van der Waals surface area contributed by atoms with Crippen LogP contribution in [-0.2, 0) is 13.0 Å². The molecule has 13 heavy (non-hydrogen) atoms. The first-order valence-electron chi connectivity index (χ1n) is 4.52. The van der Waals surface area contributed by atoms with Crippen molar-refractivity contribution in [2.75, 3.05) is 5.73 Å². The van der Waals surface area contributed by atoms with Crippen LogP contribution in [-0.4, -0.2) is 9.55 Å². The molecule has 1 aromatic rings. The van der Waals surface area contributed by atoms with Gasteiger partial charge in [-0.25, -0.2) is 4.98 Å². The second-order valence-electron chi connectivity index (χ2n) is 3.68. The van der Waals surface area contributed by atoms with Gasteiger partial charge in [0.25, 0.3) is 5.56 Å². The summed E-state index contributed by atoms with van der Waals surface area (Å²) in [6, 6.07) is 0. The van der Waals surface area contributed by atoms with Crippen LogP contribution in [0.1, 0.15) is 19.2 Å². The Balaban J connectivity index is 2.53. The highest BCUT2D eigenvalue weighted by molar-refractivity contribution is 5.31. The quantitative estimate of drug-likeness (QED) is 0.627. The third kappa shape index (κ3) is 1.32. The number of fused-ring (bicyclic) bond motifs is 1. The highest BCUT2D eigenvalue weighted by Gasteiger charge is 2.17. The standard InChI is InChI=1S/C9H13N3O/c1-6-2-3-12-8(4-6)11-5-7(10)9(12)13/h5-6H,2-4,10H2,1H3. The number of rotatable bonds is 0. The third-order valence-corrected chi connectivity index (χ3v) is 2.53. The zero-order chi connectivity index (χ0) is 9.42. The lowest BCUT2D eigenvalue weighted by Gasteiger charge is -2.21. The van der Waals surface area contributed by atoms with Crippen molar-refractivity contribution in [2.24, 2.45) is 5.92 Å². The van der Waals surface area contributed by atoms with E-state index < -0.39 is 0 Å². The minimum atomic E-state index is -0.0862. The monoisotopic (exact) mass is 179 g/mol. The summed E-state index contributed by atoms with van der Waals surface area (Å²) < 4.78 is 1.69. The molecule has 1 aliphatic heterocycles. The topological polar surface area (TPSA) is 60.9 Å². The van der Waals surface area contributed by atoms with Gasteiger partial charge in [0, 0.05) is 13.0 Å². The van der Waals surface area contributed by atoms with Crippen LogP contribution in [0.5, 0.6) is 0 Å². The molecule has 1 aromatic heterocycles. The Hall–Kier alpha value is -1.32. The van der Waals surface area contributed by atoms with Crippen LogP contribution in [0, 0.1) is 5.92 Å². The normalized spacial score (nSPS) is 21.2. The van der Waals surface area contributed by atoms with Crippen molar-refractivity contribution in [1.29, 1.82) is 0 Å². The first-order valence-corrected chi connectivity index (χ1v) is 4.52. The highest BCUT2D eigenvalue weighted by Crippen LogP contribution is 2.16. The van der Waals surface area contributed by atoms with Crippen LogP contribution in [0.25, 0.3) is 0 Å². The van der Waals surface area contributed by atoms with Gasteiger partial charge in [-0.1, -0.05) is 6.92 Å². The second-order valence-corrected chi connectivity index (χ2v) is 3.68. The van der Waals surface area contributed by atoms with E-state index in [4.69, 9.17) is 5.73 Å². The van der Waals surface area contributed by atoms with E-state index in [1.807, 2.05) is 0 Å². The molecule has 0 fully saturated rings. The lowest BCUT2D eigenvalue weighted by molar-refractivity contribution is 0.395. The van der Waals surface area contributed by atoms with Crippen LogP contribution in [0.2, 0.25) is 0 Å². The Labute approximate surface area is 76.4 Å². The summed E-state index contributed by atoms with van der Waals surface area (Å²) in [6.07, 6.45) is 3.39. The summed E-state index contributed by atoms with van der Waals surface area (Å²) in [5.41, 5.74) is 5.64. The number of nitrogens with zero attached hydrogens (tertiary/aromatic N) is 2. The van der Waals surface area contributed by atoms with Crippen molar-refractivity contribution in [3.63, 3.8) is 0 Å². The molecule has 0 saturated heterocycles. The van der Waals surface area contributed by atoms with Crippen molar-refractivity contribution in [2.45, 2.75) is 26.3 Å². The predicted octanol–water partition coefficient (Wildman–Crippen LogP) is 0.408. The highest BCUT2D eigenvalue weighted by atomic mass is 16.1. The Bertz CT molecular complexity index is 383. The van der Waals surface area contributed by atoms with Crippen molar-refractivity contribution in [3.8, 4) is 0 Å². The van der Waals surface area contributed by atoms with Gasteiger partial charge < -0.3 is 5.73 Å². The summed E-state index contributed by atoms with van der Waals surface area (Å²) in [5, 5.41) is 0. The molecule has 0 radical (unpaired) electrons.